The number of hydrogen-bond acceptors (Lipinski definition) is 6. The number of nitrogens with zero attached hydrogens (tertiary/aromatic N) is 3. The van der Waals surface area contributed by atoms with E-state index in [1.54, 1.807) is 28.4 Å². The van der Waals surface area contributed by atoms with Crippen LogP contribution >= 0.6 is 24.0 Å². The van der Waals surface area contributed by atoms with E-state index in [1.807, 2.05) is 24.3 Å². The molecule has 1 aliphatic rings. The molecule has 0 saturated carbocycles. The molecule has 33 heavy (non-hydrogen) atoms. The maximum absolute atomic E-state index is 5.47. The third-order valence-corrected chi connectivity index (χ3v) is 5.47. The van der Waals surface area contributed by atoms with Crippen molar-refractivity contribution in [2.45, 2.75) is 13.5 Å². The van der Waals surface area contributed by atoms with E-state index in [0.29, 0.717) is 23.8 Å². The number of methoxy groups -OCH3 is 4. The summed E-state index contributed by atoms with van der Waals surface area (Å²) < 4.78 is 21.7. The number of hydrogen-bond donors (Lipinski definition) is 1. The first-order chi connectivity index (χ1) is 15.6. The lowest BCUT2D eigenvalue weighted by Crippen LogP contribution is -2.52. The normalized spacial score (nSPS) is 13.8. The standard InChI is InChI=1S/C24H34N4O4.HI/c1-6-25-24(26-17-18-14-21(30-3)23(32-5)22(15-18)31-4)28-12-10-27(11-13-28)19-8-7-9-20(16-19)29-2;/h7-9,14-16H,6,10-13,17H2,1-5H3,(H,25,26);1H. The quantitative estimate of drug-likeness (QED) is 0.296. The van der Waals surface area contributed by atoms with Crippen LogP contribution < -0.4 is 29.2 Å². The van der Waals surface area contributed by atoms with Gasteiger partial charge in [0.1, 0.15) is 5.75 Å². The first-order valence-corrected chi connectivity index (χ1v) is 10.8. The fraction of sp³-hybridized carbons (Fsp3) is 0.458. The first kappa shape index (κ1) is 26.7. The van der Waals surface area contributed by atoms with Crippen LogP contribution in [0, 0.1) is 0 Å². The van der Waals surface area contributed by atoms with Crippen LogP contribution in [0.1, 0.15) is 12.5 Å². The van der Waals surface area contributed by atoms with E-state index >= 15 is 0 Å². The SMILES string of the molecule is CCNC(=NCc1cc(OC)c(OC)c(OC)c1)N1CCN(c2cccc(OC)c2)CC1.I. The molecule has 1 saturated heterocycles. The minimum absolute atomic E-state index is 0. The van der Waals surface area contributed by atoms with Crippen LogP contribution in [0.15, 0.2) is 41.4 Å². The number of guanidine groups is 1. The van der Waals surface area contributed by atoms with Crippen LogP contribution in [0.25, 0.3) is 0 Å². The Morgan fingerprint density at radius 2 is 1.58 bits per heavy atom. The molecule has 0 radical (unpaired) electrons. The number of benzene rings is 2. The second-order valence-electron chi connectivity index (χ2n) is 7.38. The van der Waals surface area contributed by atoms with E-state index < -0.39 is 0 Å². The van der Waals surface area contributed by atoms with Gasteiger partial charge in [0.15, 0.2) is 17.5 Å². The van der Waals surface area contributed by atoms with E-state index in [9.17, 15) is 0 Å². The zero-order valence-corrected chi connectivity index (χ0v) is 22.4. The Balaban J connectivity index is 0.00000385. The molecule has 0 amide bonds. The Labute approximate surface area is 213 Å². The molecule has 0 spiro atoms. The van der Waals surface area contributed by atoms with Crippen LogP contribution in [0.5, 0.6) is 23.0 Å². The molecule has 2 aromatic carbocycles. The van der Waals surface area contributed by atoms with Crippen molar-refractivity contribution >= 4 is 35.6 Å². The molecule has 0 atom stereocenters. The lowest BCUT2D eigenvalue weighted by atomic mass is 10.2. The van der Waals surface area contributed by atoms with Crippen molar-refractivity contribution in [3.05, 3.63) is 42.0 Å². The number of ether oxygens (including phenoxy) is 4. The molecule has 9 heteroatoms. The maximum Gasteiger partial charge on any atom is 0.203 e. The van der Waals surface area contributed by atoms with Crippen LogP contribution in [-0.4, -0.2) is 72.0 Å². The Morgan fingerprint density at radius 1 is 0.909 bits per heavy atom. The monoisotopic (exact) mass is 570 g/mol. The molecule has 1 heterocycles. The van der Waals surface area contributed by atoms with Crippen molar-refractivity contribution in [3.8, 4) is 23.0 Å². The fourth-order valence-corrected chi connectivity index (χ4v) is 3.80. The van der Waals surface area contributed by atoms with Gasteiger partial charge in [0.05, 0.1) is 35.0 Å². The Kier molecular flexibility index (Phi) is 10.7. The second-order valence-corrected chi connectivity index (χ2v) is 7.38. The predicted octanol–water partition coefficient (Wildman–Crippen LogP) is 3.63. The van der Waals surface area contributed by atoms with Gasteiger partial charge >= 0.3 is 0 Å². The van der Waals surface area contributed by atoms with E-state index in [4.69, 9.17) is 23.9 Å². The smallest absolute Gasteiger partial charge is 0.203 e. The average molecular weight is 570 g/mol. The van der Waals surface area contributed by atoms with Crippen molar-refractivity contribution in [2.75, 3.05) is 66.1 Å². The van der Waals surface area contributed by atoms with E-state index in [2.05, 4.69) is 34.2 Å². The van der Waals surface area contributed by atoms with Gasteiger partial charge in [0.25, 0.3) is 0 Å². The van der Waals surface area contributed by atoms with E-state index in [1.165, 1.54) is 5.69 Å². The molecular weight excluding hydrogens is 535 g/mol. The largest absolute Gasteiger partial charge is 0.497 e. The Hall–Kier alpha value is -2.56. The van der Waals surface area contributed by atoms with Crippen molar-refractivity contribution in [3.63, 3.8) is 0 Å². The summed E-state index contributed by atoms with van der Waals surface area (Å²) in [7, 11) is 6.54. The van der Waals surface area contributed by atoms with E-state index in [-0.39, 0.29) is 24.0 Å². The first-order valence-electron chi connectivity index (χ1n) is 10.8. The van der Waals surface area contributed by atoms with Crippen molar-refractivity contribution in [1.29, 1.82) is 0 Å². The molecule has 0 bridgehead atoms. The highest BCUT2D eigenvalue weighted by molar-refractivity contribution is 14.0. The van der Waals surface area contributed by atoms with Gasteiger partial charge in [-0.05, 0) is 36.8 Å². The molecule has 1 N–H and O–H groups in total. The van der Waals surface area contributed by atoms with E-state index in [0.717, 1.165) is 50.0 Å². The topological polar surface area (TPSA) is 67.8 Å². The summed E-state index contributed by atoms with van der Waals surface area (Å²) in [6.45, 7) is 7.01. The minimum atomic E-state index is 0. The molecule has 1 fully saturated rings. The predicted molar refractivity (Wildman–Crippen MR) is 143 cm³/mol. The summed E-state index contributed by atoms with van der Waals surface area (Å²) >= 11 is 0. The average Bonchev–Trinajstić information content (AvgIpc) is 2.85. The maximum atomic E-state index is 5.47. The third kappa shape index (κ3) is 6.72. The van der Waals surface area contributed by atoms with Gasteiger partial charge in [-0.15, -0.1) is 24.0 Å². The molecule has 0 aliphatic carbocycles. The van der Waals surface area contributed by atoms with Gasteiger partial charge in [0.2, 0.25) is 5.75 Å². The lowest BCUT2D eigenvalue weighted by Gasteiger charge is -2.37. The Morgan fingerprint density at radius 3 is 2.12 bits per heavy atom. The van der Waals surface area contributed by atoms with Gasteiger partial charge < -0.3 is 34.1 Å². The van der Waals surface area contributed by atoms with Crippen molar-refractivity contribution in [2.24, 2.45) is 4.99 Å². The molecule has 0 aromatic heterocycles. The molecular formula is C24H35IN4O4. The van der Waals surface area contributed by atoms with Crippen molar-refractivity contribution < 1.29 is 18.9 Å². The molecule has 8 nitrogen and oxygen atoms in total. The molecule has 0 unspecified atom stereocenters. The summed E-state index contributed by atoms with van der Waals surface area (Å²) in [4.78, 5) is 9.56. The second kappa shape index (κ2) is 13.2. The van der Waals surface area contributed by atoms with Crippen LogP contribution in [0.3, 0.4) is 0 Å². The number of aliphatic imine (C=N–C) groups is 1. The van der Waals surface area contributed by atoms with Gasteiger partial charge in [-0.1, -0.05) is 6.07 Å². The number of halogens is 1. The molecule has 3 rings (SSSR count). The van der Waals surface area contributed by atoms with Crippen LogP contribution in [-0.2, 0) is 6.54 Å². The number of rotatable bonds is 8. The third-order valence-electron chi connectivity index (χ3n) is 5.47. The summed E-state index contributed by atoms with van der Waals surface area (Å²) in [5, 5.41) is 3.43. The molecule has 182 valence electrons. The summed E-state index contributed by atoms with van der Waals surface area (Å²) in [6.07, 6.45) is 0. The number of anilines is 1. The summed E-state index contributed by atoms with van der Waals surface area (Å²) in [5.74, 6) is 3.64. The van der Waals surface area contributed by atoms with Gasteiger partial charge in [-0.2, -0.15) is 0 Å². The zero-order chi connectivity index (χ0) is 22.9. The minimum Gasteiger partial charge on any atom is -0.497 e. The highest BCUT2D eigenvalue weighted by atomic mass is 127. The highest BCUT2D eigenvalue weighted by Crippen LogP contribution is 2.38. The fourth-order valence-electron chi connectivity index (χ4n) is 3.80. The molecule has 2 aromatic rings. The van der Waals surface area contributed by atoms with Crippen LogP contribution in [0.2, 0.25) is 0 Å². The van der Waals surface area contributed by atoms with Crippen molar-refractivity contribution in [1.82, 2.24) is 10.2 Å². The van der Waals surface area contributed by atoms with Gasteiger partial charge in [-0.25, -0.2) is 4.99 Å². The molecule has 1 aliphatic heterocycles. The summed E-state index contributed by atoms with van der Waals surface area (Å²) in [5.41, 5.74) is 2.17. The van der Waals surface area contributed by atoms with Gasteiger partial charge in [0, 0.05) is 44.5 Å². The Bertz CT molecular complexity index is 892. The highest BCUT2D eigenvalue weighted by Gasteiger charge is 2.20. The van der Waals surface area contributed by atoms with Gasteiger partial charge in [-0.3, -0.25) is 0 Å². The number of nitrogens with one attached hydrogen (secondary N) is 1. The van der Waals surface area contributed by atoms with Crippen LogP contribution in [0.4, 0.5) is 5.69 Å². The lowest BCUT2D eigenvalue weighted by molar-refractivity contribution is 0.324. The zero-order valence-electron chi connectivity index (χ0n) is 20.1. The number of piperazine rings is 1. The summed E-state index contributed by atoms with van der Waals surface area (Å²) in [6, 6.07) is 12.1.